The van der Waals surface area contributed by atoms with Gasteiger partial charge in [-0.3, -0.25) is 14.4 Å². The second kappa shape index (κ2) is 10.3. The van der Waals surface area contributed by atoms with Crippen molar-refractivity contribution < 1.29 is 19.1 Å². The van der Waals surface area contributed by atoms with Crippen LogP contribution in [0.3, 0.4) is 0 Å². The molecule has 1 saturated heterocycles. The lowest BCUT2D eigenvalue weighted by Crippen LogP contribution is -2.49. The van der Waals surface area contributed by atoms with E-state index in [1.54, 1.807) is 12.1 Å². The molecule has 182 valence electrons. The van der Waals surface area contributed by atoms with Gasteiger partial charge in [-0.1, -0.05) is 29.8 Å². The number of rotatable bonds is 5. The number of nitrogens with one attached hydrogen (secondary N) is 2. The number of hydrogen-bond acceptors (Lipinski definition) is 6. The fraction of sp³-hybridized carbons (Fsp3) is 0.360. The zero-order chi connectivity index (χ0) is 24.4. The van der Waals surface area contributed by atoms with E-state index < -0.39 is 0 Å². The Bertz CT molecular complexity index is 1250. The lowest BCUT2D eigenvalue weighted by atomic mass is 9.84. The van der Waals surface area contributed by atoms with Crippen molar-refractivity contribution in [1.29, 1.82) is 0 Å². The highest BCUT2D eigenvalue weighted by Gasteiger charge is 2.33. The van der Waals surface area contributed by atoms with Gasteiger partial charge in [0.1, 0.15) is 17.3 Å². The lowest BCUT2D eigenvalue weighted by molar-refractivity contribution is -0.146. The van der Waals surface area contributed by atoms with E-state index in [4.69, 9.17) is 16.3 Å². The first-order chi connectivity index (χ1) is 17.0. The second-order valence-corrected chi connectivity index (χ2v) is 10.2. The molecule has 35 heavy (non-hydrogen) atoms. The molecule has 5 rings (SSSR count). The van der Waals surface area contributed by atoms with Crippen LogP contribution in [0.2, 0.25) is 5.02 Å². The minimum Gasteiger partial charge on any atom is -0.370 e. The van der Waals surface area contributed by atoms with E-state index in [1.165, 1.54) is 17.5 Å². The summed E-state index contributed by atoms with van der Waals surface area (Å²) < 4.78 is 6.14. The van der Waals surface area contributed by atoms with Crippen LogP contribution >= 0.6 is 22.9 Å². The lowest BCUT2D eigenvalue weighted by Gasteiger charge is -2.38. The Hall–Kier alpha value is -3.01. The monoisotopic (exact) mass is 512 g/mol. The van der Waals surface area contributed by atoms with Gasteiger partial charge in [0.25, 0.3) is 5.91 Å². The summed E-state index contributed by atoms with van der Waals surface area (Å²) in [6.45, 7) is 1.32. The summed E-state index contributed by atoms with van der Waals surface area (Å²) in [7, 11) is 0. The van der Waals surface area contributed by atoms with Crippen molar-refractivity contribution in [2.45, 2.75) is 31.7 Å². The number of carbonyl (C=O) groups is 3. The van der Waals surface area contributed by atoms with Crippen LogP contribution in [0.5, 0.6) is 0 Å². The first-order valence-electron chi connectivity index (χ1n) is 11.6. The minimum atomic E-state index is -0.342. The summed E-state index contributed by atoms with van der Waals surface area (Å²) in [6, 6.07) is 11.1. The maximum atomic E-state index is 13.3. The van der Waals surface area contributed by atoms with Gasteiger partial charge in [0.05, 0.1) is 17.3 Å². The van der Waals surface area contributed by atoms with Gasteiger partial charge in [0.15, 0.2) is 0 Å². The zero-order valence-electron chi connectivity index (χ0n) is 19.0. The number of amides is 3. The number of halogens is 1. The number of thiophene rings is 1. The molecule has 0 radical (unpaired) electrons. The molecular weight excluding hydrogens is 488 g/mol. The number of ether oxygens (including phenoxy) is 1. The normalized spacial score (nSPS) is 20.6. The highest BCUT2D eigenvalue weighted by Crippen LogP contribution is 2.37. The SMILES string of the molecule is O=C(Nc1ccc(Cl)cn1)c1sc2ccccc2c1NC(=O)C1CCC(N2CCOCC2=O)CC1. The molecule has 0 bridgehead atoms. The standard InChI is InChI=1S/C25H25ClN4O4S/c26-16-7-10-20(27-13-16)28-25(33)23-22(18-3-1-2-4-19(18)35-23)29-24(32)15-5-8-17(9-6-15)30-11-12-34-14-21(30)31/h1-4,7,10,13,15,17H,5-6,8-9,11-12,14H2,(H,29,32)(H,27,28,33). The maximum absolute atomic E-state index is 13.3. The number of benzene rings is 1. The molecule has 2 N–H and O–H groups in total. The van der Waals surface area contributed by atoms with E-state index in [0.29, 0.717) is 47.4 Å². The highest BCUT2D eigenvalue weighted by atomic mass is 35.5. The Kier molecular flexibility index (Phi) is 6.99. The predicted molar refractivity (Wildman–Crippen MR) is 136 cm³/mol. The first-order valence-corrected chi connectivity index (χ1v) is 12.8. The van der Waals surface area contributed by atoms with E-state index in [9.17, 15) is 14.4 Å². The van der Waals surface area contributed by atoms with E-state index in [0.717, 1.165) is 22.9 Å². The molecule has 2 aliphatic rings. The summed E-state index contributed by atoms with van der Waals surface area (Å²) in [6.07, 6.45) is 4.41. The Balaban J connectivity index is 1.30. The van der Waals surface area contributed by atoms with Gasteiger partial charge >= 0.3 is 0 Å². The Morgan fingerprint density at radius 3 is 2.63 bits per heavy atom. The third-order valence-corrected chi connectivity index (χ3v) is 7.94. The number of pyridine rings is 1. The van der Waals surface area contributed by atoms with Crippen LogP contribution in [-0.4, -0.2) is 53.4 Å². The Morgan fingerprint density at radius 2 is 1.89 bits per heavy atom. The van der Waals surface area contributed by atoms with Crippen molar-refractivity contribution in [3.63, 3.8) is 0 Å². The van der Waals surface area contributed by atoms with Crippen LogP contribution < -0.4 is 10.6 Å². The average Bonchev–Trinajstić information content (AvgIpc) is 3.24. The van der Waals surface area contributed by atoms with Crippen LogP contribution in [0.15, 0.2) is 42.6 Å². The van der Waals surface area contributed by atoms with Crippen molar-refractivity contribution >= 4 is 62.3 Å². The molecule has 1 aromatic carbocycles. The average molecular weight is 513 g/mol. The van der Waals surface area contributed by atoms with Crippen LogP contribution in [-0.2, 0) is 14.3 Å². The van der Waals surface area contributed by atoms with Gasteiger partial charge in [-0.2, -0.15) is 0 Å². The Morgan fingerprint density at radius 1 is 1.09 bits per heavy atom. The quantitative estimate of drug-likeness (QED) is 0.522. The van der Waals surface area contributed by atoms with Crippen molar-refractivity contribution in [3.8, 4) is 0 Å². The van der Waals surface area contributed by atoms with E-state index in [2.05, 4.69) is 15.6 Å². The maximum Gasteiger partial charge on any atom is 0.269 e. The molecule has 2 aromatic heterocycles. The van der Waals surface area contributed by atoms with E-state index >= 15 is 0 Å². The first kappa shape index (κ1) is 23.7. The summed E-state index contributed by atoms with van der Waals surface area (Å²) in [5.74, 6) is -0.204. The van der Waals surface area contributed by atoms with E-state index in [1.807, 2.05) is 29.2 Å². The summed E-state index contributed by atoms with van der Waals surface area (Å²) in [5.41, 5.74) is 0.521. The van der Waals surface area contributed by atoms with Crippen LogP contribution in [0.4, 0.5) is 11.5 Å². The number of aromatic nitrogens is 1. The van der Waals surface area contributed by atoms with Crippen LogP contribution in [0.25, 0.3) is 10.1 Å². The number of hydrogen-bond donors (Lipinski definition) is 2. The number of fused-ring (bicyclic) bond motifs is 1. The predicted octanol–water partition coefficient (Wildman–Crippen LogP) is 4.56. The third kappa shape index (κ3) is 5.17. The number of anilines is 2. The summed E-state index contributed by atoms with van der Waals surface area (Å²) in [4.78, 5) is 45.0. The molecule has 10 heteroatoms. The van der Waals surface area contributed by atoms with Gasteiger partial charge in [0, 0.05) is 34.8 Å². The van der Waals surface area contributed by atoms with Crippen LogP contribution in [0, 0.1) is 5.92 Å². The van der Waals surface area contributed by atoms with Gasteiger partial charge in [-0.15, -0.1) is 11.3 Å². The van der Waals surface area contributed by atoms with Crippen molar-refractivity contribution in [3.05, 3.63) is 52.5 Å². The minimum absolute atomic E-state index is 0.0275. The molecule has 1 aliphatic heterocycles. The molecule has 8 nitrogen and oxygen atoms in total. The van der Waals surface area contributed by atoms with Gasteiger partial charge in [0.2, 0.25) is 11.8 Å². The molecule has 0 atom stereocenters. The van der Waals surface area contributed by atoms with Crippen LogP contribution in [0.1, 0.15) is 35.4 Å². The van der Waals surface area contributed by atoms with Gasteiger partial charge in [-0.25, -0.2) is 4.98 Å². The molecule has 1 aliphatic carbocycles. The molecule has 1 saturated carbocycles. The van der Waals surface area contributed by atoms with E-state index in [-0.39, 0.29) is 36.3 Å². The van der Waals surface area contributed by atoms with Crippen molar-refractivity contribution in [2.75, 3.05) is 30.4 Å². The molecule has 2 fully saturated rings. The highest BCUT2D eigenvalue weighted by molar-refractivity contribution is 7.21. The third-order valence-electron chi connectivity index (χ3n) is 6.55. The van der Waals surface area contributed by atoms with Gasteiger partial charge < -0.3 is 20.3 Å². The fourth-order valence-electron chi connectivity index (χ4n) is 4.74. The number of carbonyl (C=O) groups excluding carboxylic acids is 3. The van der Waals surface area contributed by atoms with Crippen molar-refractivity contribution in [2.24, 2.45) is 5.92 Å². The molecule has 3 heterocycles. The zero-order valence-corrected chi connectivity index (χ0v) is 20.5. The Labute approximate surface area is 211 Å². The summed E-state index contributed by atoms with van der Waals surface area (Å²) in [5, 5.41) is 7.14. The molecule has 0 unspecified atom stereocenters. The van der Waals surface area contributed by atoms with Gasteiger partial charge in [-0.05, 0) is 43.9 Å². The smallest absolute Gasteiger partial charge is 0.269 e. The fourth-order valence-corrected chi connectivity index (χ4v) is 5.91. The number of nitrogens with zero attached hydrogens (tertiary/aromatic N) is 2. The molecule has 0 spiro atoms. The molecular formula is C25H25ClN4O4S. The number of morpholine rings is 1. The molecule has 3 aromatic rings. The summed E-state index contributed by atoms with van der Waals surface area (Å²) >= 11 is 7.22. The largest absolute Gasteiger partial charge is 0.370 e. The molecule has 3 amide bonds. The topological polar surface area (TPSA) is 101 Å². The second-order valence-electron chi connectivity index (χ2n) is 8.75. The van der Waals surface area contributed by atoms with Crippen molar-refractivity contribution in [1.82, 2.24) is 9.88 Å².